The molecule has 6 nitrogen and oxygen atoms in total. The molecule has 0 unspecified atom stereocenters. The Balaban J connectivity index is 1.99. The van der Waals surface area contributed by atoms with Crippen LogP contribution in [0.5, 0.6) is 5.75 Å². The van der Waals surface area contributed by atoms with Crippen LogP contribution in [0.25, 0.3) is 0 Å². The third kappa shape index (κ3) is 4.90. The molecule has 24 heavy (non-hydrogen) atoms. The molecule has 2 aromatic carbocycles. The highest BCUT2D eigenvalue weighted by Crippen LogP contribution is 2.22. The van der Waals surface area contributed by atoms with Crippen molar-refractivity contribution in [3.63, 3.8) is 0 Å². The number of ether oxygens (including phenoxy) is 1. The molecule has 8 heteroatoms. The van der Waals surface area contributed by atoms with Crippen LogP contribution in [0.3, 0.4) is 0 Å². The Hall–Kier alpha value is -2.19. The minimum Gasteiger partial charge on any atom is -0.496 e. The van der Waals surface area contributed by atoms with E-state index in [2.05, 4.69) is 47.7 Å². The van der Waals surface area contributed by atoms with Crippen LogP contribution >= 0.6 is 31.9 Å². The van der Waals surface area contributed by atoms with Gasteiger partial charge in [-0.15, -0.1) is 0 Å². The first-order chi connectivity index (χ1) is 11.5. The summed E-state index contributed by atoms with van der Waals surface area (Å²) < 4.78 is 6.70. The van der Waals surface area contributed by atoms with E-state index in [1.165, 1.54) is 13.3 Å². The summed E-state index contributed by atoms with van der Waals surface area (Å²) in [5.41, 5.74) is 3.32. The van der Waals surface area contributed by atoms with Crippen LogP contribution in [0.1, 0.15) is 5.56 Å². The van der Waals surface area contributed by atoms with E-state index in [9.17, 15) is 9.59 Å². The number of carbonyl (C=O) groups excluding carboxylic acids is 2. The van der Waals surface area contributed by atoms with Crippen molar-refractivity contribution in [1.82, 2.24) is 5.43 Å². The number of benzene rings is 2. The lowest BCUT2D eigenvalue weighted by atomic mass is 10.2. The molecular weight excluding hydrogens is 442 g/mol. The lowest BCUT2D eigenvalue weighted by molar-refractivity contribution is -0.136. The number of amides is 2. The molecule has 0 atom stereocenters. The second kappa shape index (κ2) is 8.60. The van der Waals surface area contributed by atoms with Gasteiger partial charge in [0.2, 0.25) is 0 Å². The van der Waals surface area contributed by atoms with E-state index in [1.807, 2.05) is 6.07 Å². The highest BCUT2D eigenvalue weighted by atomic mass is 79.9. The number of hydrazone groups is 1. The number of nitrogens with zero attached hydrogens (tertiary/aromatic N) is 1. The zero-order valence-corrected chi connectivity index (χ0v) is 15.7. The first-order valence-electron chi connectivity index (χ1n) is 6.73. The Morgan fingerprint density at radius 2 is 1.88 bits per heavy atom. The molecule has 0 bridgehead atoms. The smallest absolute Gasteiger partial charge is 0.329 e. The number of hydrogen-bond donors (Lipinski definition) is 2. The van der Waals surface area contributed by atoms with Crippen molar-refractivity contribution in [3.8, 4) is 5.75 Å². The van der Waals surface area contributed by atoms with Crippen LogP contribution < -0.4 is 15.5 Å². The SMILES string of the molecule is COc1ccc(Br)cc1/C=N\NC(=O)C(=O)Nc1ccccc1Br. The quantitative estimate of drug-likeness (QED) is 0.422. The van der Waals surface area contributed by atoms with Crippen LogP contribution in [-0.2, 0) is 9.59 Å². The van der Waals surface area contributed by atoms with E-state index in [-0.39, 0.29) is 0 Å². The molecule has 0 aliphatic heterocycles. The standard InChI is InChI=1S/C16H13Br2N3O3/c1-24-14-7-6-11(17)8-10(14)9-19-21-16(23)15(22)20-13-5-3-2-4-12(13)18/h2-9H,1H3,(H,20,22)(H,21,23)/b19-9-. The molecule has 0 aliphatic carbocycles. The summed E-state index contributed by atoms with van der Waals surface area (Å²) in [5, 5.41) is 6.26. The third-order valence-electron chi connectivity index (χ3n) is 2.89. The van der Waals surface area contributed by atoms with Crippen LogP contribution in [-0.4, -0.2) is 25.1 Å². The molecule has 0 aromatic heterocycles. The van der Waals surface area contributed by atoms with Gasteiger partial charge in [0.15, 0.2) is 0 Å². The fourth-order valence-corrected chi connectivity index (χ4v) is 2.52. The minimum absolute atomic E-state index is 0.496. The largest absolute Gasteiger partial charge is 0.496 e. The molecule has 2 rings (SSSR count). The number of anilines is 1. The molecule has 0 radical (unpaired) electrons. The molecule has 0 spiro atoms. The number of methoxy groups -OCH3 is 1. The van der Waals surface area contributed by atoms with E-state index in [4.69, 9.17) is 4.74 Å². The molecule has 0 saturated carbocycles. The van der Waals surface area contributed by atoms with Crippen molar-refractivity contribution >= 4 is 55.6 Å². The van der Waals surface area contributed by atoms with Crippen LogP contribution in [0.4, 0.5) is 5.69 Å². The summed E-state index contributed by atoms with van der Waals surface area (Å²) >= 11 is 6.63. The van der Waals surface area contributed by atoms with Gasteiger partial charge in [0.25, 0.3) is 0 Å². The van der Waals surface area contributed by atoms with Gasteiger partial charge in [-0.3, -0.25) is 9.59 Å². The predicted octanol–water partition coefficient (Wildman–Crippen LogP) is 3.31. The van der Waals surface area contributed by atoms with Gasteiger partial charge < -0.3 is 10.1 Å². The highest BCUT2D eigenvalue weighted by Gasteiger charge is 2.14. The predicted molar refractivity (Wildman–Crippen MR) is 99.2 cm³/mol. The van der Waals surface area contributed by atoms with Gasteiger partial charge in [0, 0.05) is 14.5 Å². The van der Waals surface area contributed by atoms with Gasteiger partial charge in [0.1, 0.15) is 5.75 Å². The summed E-state index contributed by atoms with van der Waals surface area (Å²) in [6.45, 7) is 0. The molecule has 2 N–H and O–H groups in total. The maximum absolute atomic E-state index is 11.8. The number of nitrogens with one attached hydrogen (secondary N) is 2. The van der Waals surface area contributed by atoms with E-state index < -0.39 is 11.8 Å². The first kappa shape index (κ1) is 18.2. The van der Waals surface area contributed by atoms with Gasteiger partial charge in [-0.2, -0.15) is 5.10 Å². The van der Waals surface area contributed by atoms with Crippen molar-refractivity contribution < 1.29 is 14.3 Å². The number of hydrogen-bond acceptors (Lipinski definition) is 4. The summed E-state index contributed by atoms with van der Waals surface area (Å²) in [5.74, 6) is -1.11. The Morgan fingerprint density at radius 3 is 2.58 bits per heavy atom. The molecular formula is C16H13Br2N3O3. The average Bonchev–Trinajstić information content (AvgIpc) is 2.57. The van der Waals surface area contributed by atoms with E-state index in [0.29, 0.717) is 21.5 Å². The van der Waals surface area contributed by atoms with E-state index >= 15 is 0 Å². The van der Waals surface area contributed by atoms with Crippen molar-refractivity contribution in [2.75, 3.05) is 12.4 Å². The van der Waals surface area contributed by atoms with E-state index in [1.54, 1.807) is 36.4 Å². The van der Waals surface area contributed by atoms with Gasteiger partial charge in [-0.1, -0.05) is 28.1 Å². The minimum atomic E-state index is -0.879. The van der Waals surface area contributed by atoms with Gasteiger partial charge in [0.05, 0.1) is 19.0 Å². The van der Waals surface area contributed by atoms with Crippen molar-refractivity contribution in [2.45, 2.75) is 0 Å². The topological polar surface area (TPSA) is 79.8 Å². The summed E-state index contributed by atoms with van der Waals surface area (Å²) in [4.78, 5) is 23.6. The third-order valence-corrected chi connectivity index (χ3v) is 4.07. The fourth-order valence-electron chi connectivity index (χ4n) is 1.76. The van der Waals surface area contributed by atoms with Gasteiger partial charge >= 0.3 is 11.8 Å². The molecule has 2 amide bonds. The van der Waals surface area contributed by atoms with Crippen LogP contribution in [0.15, 0.2) is 56.5 Å². The Bertz CT molecular complexity index is 794. The number of carbonyl (C=O) groups is 2. The number of rotatable bonds is 4. The summed E-state index contributed by atoms with van der Waals surface area (Å²) in [6, 6.07) is 12.3. The maximum Gasteiger partial charge on any atom is 0.329 e. The summed E-state index contributed by atoms with van der Waals surface area (Å²) in [7, 11) is 1.53. The Labute approximate surface area is 155 Å². The maximum atomic E-state index is 11.8. The van der Waals surface area contributed by atoms with Gasteiger partial charge in [-0.05, 0) is 46.3 Å². The average molecular weight is 455 g/mol. The molecule has 0 heterocycles. The molecule has 0 saturated heterocycles. The highest BCUT2D eigenvalue weighted by molar-refractivity contribution is 9.10. The second-order valence-corrected chi connectivity index (χ2v) is 6.29. The van der Waals surface area contributed by atoms with Crippen LogP contribution in [0, 0.1) is 0 Å². The number of halogens is 2. The first-order valence-corrected chi connectivity index (χ1v) is 8.32. The number of para-hydroxylation sites is 1. The Morgan fingerprint density at radius 1 is 1.12 bits per heavy atom. The van der Waals surface area contributed by atoms with Gasteiger partial charge in [-0.25, -0.2) is 5.43 Å². The fraction of sp³-hybridized carbons (Fsp3) is 0.0625. The lowest BCUT2D eigenvalue weighted by Crippen LogP contribution is -2.32. The molecule has 124 valence electrons. The second-order valence-electron chi connectivity index (χ2n) is 4.52. The van der Waals surface area contributed by atoms with Crippen molar-refractivity contribution in [2.24, 2.45) is 5.10 Å². The molecule has 2 aromatic rings. The monoisotopic (exact) mass is 453 g/mol. The van der Waals surface area contributed by atoms with Crippen molar-refractivity contribution in [3.05, 3.63) is 57.0 Å². The van der Waals surface area contributed by atoms with Crippen LogP contribution in [0.2, 0.25) is 0 Å². The lowest BCUT2D eigenvalue weighted by Gasteiger charge is -2.06. The summed E-state index contributed by atoms with van der Waals surface area (Å²) in [6.07, 6.45) is 1.40. The molecule has 0 aliphatic rings. The zero-order chi connectivity index (χ0) is 17.5. The zero-order valence-electron chi connectivity index (χ0n) is 12.5. The van der Waals surface area contributed by atoms with E-state index in [0.717, 1.165) is 4.47 Å². The molecule has 0 fully saturated rings. The Kier molecular flexibility index (Phi) is 6.51. The normalized spacial score (nSPS) is 10.5. The van der Waals surface area contributed by atoms with Crippen molar-refractivity contribution in [1.29, 1.82) is 0 Å².